The van der Waals surface area contributed by atoms with Crippen molar-refractivity contribution in [3.63, 3.8) is 0 Å². The highest BCUT2D eigenvalue weighted by atomic mass is 16.4. The molecular formula is C41H56N4O5. The minimum atomic E-state index is -0.992. The quantitative estimate of drug-likeness (QED) is 0.192. The second-order valence-corrected chi connectivity index (χ2v) is 17.1. The summed E-state index contributed by atoms with van der Waals surface area (Å²) in [4.78, 5) is 55.2. The molecule has 7 atom stereocenters. The highest BCUT2D eigenvalue weighted by Gasteiger charge is 2.65. The number of hydrogen-bond acceptors (Lipinski definition) is 6. The number of nitrogens with zero attached hydrogens (tertiary/aromatic N) is 1. The molecule has 4 aliphatic carbocycles. The van der Waals surface area contributed by atoms with Crippen molar-refractivity contribution in [3.8, 4) is 0 Å². The third-order valence-corrected chi connectivity index (χ3v) is 14.6. The number of nitrogens with two attached hydrogens (primary N) is 2. The molecule has 9 nitrogen and oxygen atoms in total. The Morgan fingerprint density at radius 3 is 2.28 bits per heavy atom. The summed E-state index contributed by atoms with van der Waals surface area (Å²) in [7, 11) is 1.72. The van der Waals surface area contributed by atoms with Crippen LogP contribution in [0.25, 0.3) is 0 Å². The summed E-state index contributed by atoms with van der Waals surface area (Å²) in [6.07, 6.45) is 8.37. The minimum Gasteiger partial charge on any atom is -0.481 e. The third-order valence-electron chi connectivity index (χ3n) is 14.6. The molecule has 2 saturated carbocycles. The molecule has 0 aliphatic heterocycles. The second-order valence-electron chi connectivity index (χ2n) is 17.1. The summed E-state index contributed by atoms with van der Waals surface area (Å²) >= 11 is 0. The van der Waals surface area contributed by atoms with Gasteiger partial charge in [-0.25, -0.2) is 0 Å². The molecular weight excluding hydrogens is 628 g/mol. The van der Waals surface area contributed by atoms with Gasteiger partial charge in [0, 0.05) is 24.8 Å². The van der Waals surface area contributed by atoms with Crippen LogP contribution in [0.15, 0.2) is 36.4 Å². The maximum absolute atomic E-state index is 15.0. The molecule has 50 heavy (non-hydrogen) atoms. The van der Waals surface area contributed by atoms with Gasteiger partial charge < -0.3 is 21.9 Å². The predicted molar refractivity (Wildman–Crippen MR) is 195 cm³/mol. The number of aliphatic carboxylic acids is 1. The fourth-order valence-electron chi connectivity index (χ4n) is 11.3. The first-order valence-electron chi connectivity index (χ1n) is 18.5. The Morgan fingerprint density at radius 1 is 0.880 bits per heavy atom. The molecule has 2 fully saturated rings. The van der Waals surface area contributed by atoms with Crippen LogP contribution in [0.2, 0.25) is 0 Å². The van der Waals surface area contributed by atoms with E-state index in [1.165, 1.54) is 21.6 Å². The summed E-state index contributed by atoms with van der Waals surface area (Å²) in [5.74, 6) is -1.47. The van der Waals surface area contributed by atoms with E-state index in [1.54, 1.807) is 7.05 Å². The molecule has 6 N–H and O–H groups in total. The largest absolute Gasteiger partial charge is 0.481 e. The first kappa shape index (κ1) is 36.1. The lowest BCUT2D eigenvalue weighted by atomic mass is 9.41. The number of imide groups is 1. The zero-order valence-electron chi connectivity index (χ0n) is 30.8. The lowest BCUT2D eigenvalue weighted by Gasteiger charge is -2.63. The zero-order valence-corrected chi connectivity index (χ0v) is 30.8. The van der Waals surface area contributed by atoms with Gasteiger partial charge in [-0.3, -0.25) is 24.1 Å². The molecule has 4 aliphatic rings. The molecule has 270 valence electrons. The minimum absolute atomic E-state index is 0.0511. The molecule has 3 amide bonds. The number of amides is 3. The molecule has 0 radical (unpaired) electrons. The Bertz CT molecular complexity index is 1740. The van der Waals surface area contributed by atoms with Crippen molar-refractivity contribution >= 4 is 35.1 Å². The molecule has 0 spiro atoms. The SMILES string of the molecule is CN(C(=O)[C@@]1(C)CCC[C@]2(C)c3cc(N)ccc3CC[C@@H]12)C(=O)[C@@]1(C)CCC[C@]2(C)c3cc(NC(=O)[C@@H](N)CCC(=O)O)ccc3CC[C@@]12C. The molecule has 0 heterocycles. The van der Waals surface area contributed by atoms with Crippen molar-refractivity contribution < 1.29 is 24.3 Å². The number of carboxylic acid groups (broad SMARTS) is 1. The number of carboxylic acids is 1. The summed E-state index contributed by atoms with van der Waals surface area (Å²) in [5, 5.41) is 11.9. The normalized spacial score (nSPS) is 33.5. The molecule has 2 aromatic carbocycles. The molecule has 2 aromatic rings. The van der Waals surface area contributed by atoms with Crippen LogP contribution in [0.3, 0.4) is 0 Å². The number of aryl methyl sites for hydroxylation is 2. The van der Waals surface area contributed by atoms with Gasteiger partial charge in [-0.05, 0) is 126 Å². The number of fused-ring (bicyclic) bond motifs is 6. The molecule has 0 bridgehead atoms. The number of benzene rings is 2. The number of hydrogen-bond donors (Lipinski definition) is 4. The molecule has 6 rings (SSSR count). The van der Waals surface area contributed by atoms with Crippen molar-refractivity contribution in [1.82, 2.24) is 4.90 Å². The van der Waals surface area contributed by atoms with Crippen molar-refractivity contribution in [2.75, 3.05) is 18.1 Å². The van der Waals surface area contributed by atoms with E-state index < -0.39 is 34.2 Å². The van der Waals surface area contributed by atoms with Crippen LogP contribution in [0, 0.1) is 22.2 Å². The number of carbonyl (C=O) groups is 4. The summed E-state index contributed by atoms with van der Waals surface area (Å²) in [5.41, 5.74) is 16.1. The molecule has 0 unspecified atom stereocenters. The van der Waals surface area contributed by atoms with E-state index in [0.717, 1.165) is 69.0 Å². The number of anilines is 2. The predicted octanol–water partition coefficient (Wildman–Crippen LogP) is 6.50. The van der Waals surface area contributed by atoms with Crippen LogP contribution in [0.5, 0.6) is 0 Å². The highest BCUT2D eigenvalue weighted by molar-refractivity contribution is 6.01. The number of rotatable bonds is 7. The molecule has 0 saturated heterocycles. The van der Waals surface area contributed by atoms with Crippen LogP contribution in [0.1, 0.15) is 121 Å². The van der Waals surface area contributed by atoms with Crippen molar-refractivity contribution in [3.05, 3.63) is 58.7 Å². The van der Waals surface area contributed by atoms with Gasteiger partial charge in [0.15, 0.2) is 0 Å². The van der Waals surface area contributed by atoms with E-state index in [-0.39, 0.29) is 41.4 Å². The summed E-state index contributed by atoms with van der Waals surface area (Å²) in [6, 6.07) is 11.3. The lowest BCUT2D eigenvalue weighted by molar-refractivity contribution is -0.171. The van der Waals surface area contributed by atoms with E-state index in [1.807, 2.05) is 18.2 Å². The number of carbonyl (C=O) groups excluding carboxylic acids is 3. The number of nitrogens with one attached hydrogen (secondary N) is 1. The number of nitrogen functional groups attached to an aromatic ring is 1. The highest BCUT2D eigenvalue weighted by Crippen LogP contribution is 2.66. The standard InChI is InChI=1S/C41H56N4O5/c1-37-18-7-19-38(2,32(37)15-11-25-9-12-27(42)23-29(25)37)35(49)45(6)36(50)40(4)21-8-20-39(3)30-24-28(13-10-26(30)17-22-41(39,40)5)44-34(48)31(43)14-16-33(46)47/h9-10,12-13,23-24,31-32H,7-8,11,14-22,42-43H2,1-6H3,(H,44,48)(H,46,47)/t31-,32+,37+,38-,39+,40+,41+/m0/s1. The van der Waals surface area contributed by atoms with Gasteiger partial charge in [0.1, 0.15) is 0 Å². The van der Waals surface area contributed by atoms with Crippen LogP contribution in [-0.4, -0.2) is 46.8 Å². The van der Waals surface area contributed by atoms with Crippen molar-refractivity contribution in [1.29, 1.82) is 0 Å². The summed E-state index contributed by atoms with van der Waals surface area (Å²) < 4.78 is 0. The first-order valence-corrected chi connectivity index (χ1v) is 18.5. The average molecular weight is 685 g/mol. The van der Waals surface area contributed by atoms with E-state index >= 15 is 4.79 Å². The second kappa shape index (κ2) is 12.5. The Kier molecular flexibility index (Phi) is 9.02. The Labute approximate surface area is 296 Å². The first-order chi connectivity index (χ1) is 23.4. The fourth-order valence-corrected chi connectivity index (χ4v) is 11.3. The zero-order chi connectivity index (χ0) is 36.4. The Morgan fingerprint density at radius 2 is 1.56 bits per heavy atom. The maximum atomic E-state index is 15.0. The maximum Gasteiger partial charge on any atom is 0.303 e. The van der Waals surface area contributed by atoms with Crippen LogP contribution in [0.4, 0.5) is 11.4 Å². The van der Waals surface area contributed by atoms with Crippen LogP contribution in [-0.2, 0) is 42.8 Å². The van der Waals surface area contributed by atoms with Gasteiger partial charge in [-0.2, -0.15) is 0 Å². The topological polar surface area (TPSA) is 156 Å². The van der Waals surface area contributed by atoms with Crippen molar-refractivity contribution in [2.24, 2.45) is 27.9 Å². The fraction of sp³-hybridized carbons (Fsp3) is 0.610. The molecule has 9 heteroatoms. The molecule has 0 aromatic heterocycles. The monoisotopic (exact) mass is 684 g/mol. The summed E-state index contributed by atoms with van der Waals surface area (Å²) in [6.45, 7) is 11.0. The van der Waals surface area contributed by atoms with Gasteiger partial charge in [0.05, 0.1) is 16.9 Å². The van der Waals surface area contributed by atoms with Crippen LogP contribution < -0.4 is 16.8 Å². The lowest BCUT2D eigenvalue weighted by Crippen LogP contribution is -2.64. The van der Waals surface area contributed by atoms with Gasteiger partial charge in [-0.15, -0.1) is 0 Å². The van der Waals surface area contributed by atoms with Gasteiger partial charge >= 0.3 is 5.97 Å². The van der Waals surface area contributed by atoms with E-state index in [4.69, 9.17) is 16.6 Å². The van der Waals surface area contributed by atoms with E-state index in [9.17, 15) is 14.4 Å². The van der Waals surface area contributed by atoms with E-state index in [2.05, 4.69) is 58.1 Å². The Balaban J connectivity index is 1.28. The van der Waals surface area contributed by atoms with Crippen LogP contribution >= 0.6 is 0 Å². The van der Waals surface area contributed by atoms with Gasteiger partial charge in [0.25, 0.3) is 0 Å². The average Bonchev–Trinajstić information content (AvgIpc) is 3.07. The van der Waals surface area contributed by atoms with Gasteiger partial charge in [-0.1, -0.05) is 59.6 Å². The Hall–Kier alpha value is -3.72. The third kappa shape index (κ3) is 5.37. The van der Waals surface area contributed by atoms with Gasteiger partial charge in [0.2, 0.25) is 17.7 Å². The smallest absolute Gasteiger partial charge is 0.303 e. The van der Waals surface area contributed by atoms with E-state index in [0.29, 0.717) is 12.1 Å². The van der Waals surface area contributed by atoms with Crippen molar-refractivity contribution in [2.45, 2.75) is 129 Å².